The van der Waals surface area contributed by atoms with Gasteiger partial charge in [0.15, 0.2) is 10.9 Å². The molecule has 1 heterocycles. The Kier molecular flexibility index (Phi) is 5.59. The van der Waals surface area contributed by atoms with Gasteiger partial charge in [-0.3, -0.25) is 14.9 Å². The fourth-order valence-corrected chi connectivity index (χ4v) is 3.17. The molecule has 0 aliphatic heterocycles. The van der Waals surface area contributed by atoms with Crippen LogP contribution in [0.3, 0.4) is 0 Å². The molecule has 0 atom stereocenters. The number of fused-ring (bicyclic) bond motifs is 1. The number of carbonyl (C=O) groups excluding carboxylic acids is 1. The Labute approximate surface area is 164 Å². The number of amides is 1. The topological polar surface area (TPSA) is 134 Å². The van der Waals surface area contributed by atoms with Crippen molar-refractivity contribution in [3.63, 3.8) is 0 Å². The molecule has 0 aliphatic rings. The summed E-state index contributed by atoms with van der Waals surface area (Å²) in [5.74, 6) is -0.867. The van der Waals surface area contributed by atoms with Crippen LogP contribution in [0, 0.1) is 10.1 Å². The number of phenolic OH excluding ortho intramolecular Hbond substituents is 1. The predicted octanol–water partition coefficient (Wildman–Crippen LogP) is 3.44. The van der Waals surface area contributed by atoms with E-state index in [1.165, 1.54) is 18.3 Å². The second kappa shape index (κ2) is 8.09. The van der Waals surface area contributed by atoms with Crippen molar-refractivity contribution in [3.05, 3.63) is 57.6 Å². The molecule has 1 amide bonds. The van der Waals surface area contributed by atoms with E-state index in [-0.39, 0.29) is 0 Å². The van der Waals surface area contributed by atoms with E-state index >= 15 is 0 Å². The number of nitro groups is 1. The molecule has 0 radical (unpaired) electrons. The Morgan fingerprint density at radius 1 is 1.36 bits per heavy atom. The maximum absolute atomic E-state index is 12.3. The van der Waals surface area contributed by atoms with Crippen LogP contribution >= 0.6 is 11.8 Å². The van der Waals surface area contributed by atoms with Crippen molar-refractivity contribution in [2.45, 2.75) is 24.3 Å². The minimum absolute atomic E-state index is 0.365. The van der Waals surface area contributed by atoms with E-state index in [1.807, 2.05) is 0 Å². The number of aromatic hydroxyl groups is 1. The number of aromatic amines is 1. The largest absolute Gasteiger partial charge is 0.502 e. The van der Waals surface area contributed by atoms with Crippen LogP contribution in [0.15, 0.2) is 46.7 Å². The Bertz CT molecular complexity index is 1080. The van der Waals surface area contributed by atoms with E-state index in [1.54, 1.807) is 30.0 Å². The molecule has 0 bridgehead atoms. The Morgan fingerprint density at radius 3 is 2.86 bits per heavy atom. The summed E-state index contributed by atoms with van der Waals surface area (Å²) in [7, 11) is 0. The van der Waals surface area contributed by atoms with Gasteiger partial charge in [0.05, 0.1) is 22.2 Å². The van der Waals surface area contributed by atoms with Gasteiger partial charge >= 0.3 is 5.69 Å². The molecule has 3 N–H and O–H groups in total. The summed E-state index contributed by atoms with van der Waals surface area (Å²) in [5, 5.41) is 25.3. The number of imidazole rings is 1. The average Bonchev–Trinajstić information content (AvgIpc) is 3.03. The van der Waals surface area contributed by atoms with Gasteiger partial charge in [0.1, 0.15) is 0 Å². The predicted molar refractivity (Wildman–Crippen MR) is 107 cm³/mol. The van der Waals surface area contributed by atoms with Crippen LogP contribution in [0.2, 0.25) is 0 Å². The monoisotopic (exact) mass is 399 g/mol. The maximum Gasteiger partial charge on any atom is 0.311 e. The molecule has 0 spiro atoms. The van der Waals surface area contributed by atoms with Gasteiger partial charge in [-0.2, -0.15) is 5.10 Å². The zero-order valence-electron chi connectivity index (χ0n) is 15.0. The number of nitrogens with zero attached hydrogens (tertiary/aromatic N) is 3. The third-order valence-electron chi connectivity index (χ3n) is 3.65. The third-order valence-corrected chi connectivity index (χ3v) is 4.53. The summed E-state index contributed by atoms with van der Waals surface area (Å²) in [6.45, 7) is 4.13. The van der Waals surface area contributed by atoms with Crippen molar-refractivity contribution in [3.8, 4) is 5.75 Å². The molecule has 0 saturated heterocycles. The lowest BCUT2D eigenvalue weighted by Crippen LogP contribution is -2.17. The van der Waals surface area contributed by atoms with Crippen LogP contribution in [0.1, 0.15) is 29.8 Å². The Morgan fingerprint density at radius 2 is 2.14 bits per heavy atom. The van der Waals surface area contributed by atoms with Crippen LogP contribution < -0.4 is 5.43 Å². The second-order valence-electron chi connectivity index (χ2n) is 6.14. The number of rotatable bonds is 6. The van der Waals surface area contributed by atoms with Crippen molar-refractivity contribution in [1.82, 2.24) is 15.4 Å². The number of carbonyl (C=O) groups is 1. The van der Waals surface area contributed by atoms with Gasteiger partial charge in [0.25, 0.3) is 5.91 Å². The van der Waals surface area contributed by atoms with Crippen LogP contribution in [0.5, 0.6) is 5.75 Å². The van der Waals surface area contributed by atoms with E-state index in [9.17, 15) is 20.0 Å². The van der Waals surface area contributed by atoms with Gasteiger partial charge in [-0.15, -0.1) is 0 Å². The first-order valence-corrected chi connectivity index (χ1v) is 9.18. The minimum Gasteiger partial charge on any atom is -0.502 e. The van der Waals surface area contributed by atoms with Gasteiger partial charge in [0.2, 0.25) is 0 Å². The molecule has 3 rings (SSSR count). The van der Waals surface area contributed by atoms with Crippen molar-refractivity contribution < 1.29 is 14.8 Å². The summed E-state index contributed by atoms with van der Waals surface area (Å²) < 4.78 is 0. The number of hydrogen-bond acceptors (Lipinski definition) is 7. The molecular weight excluding hydrogens is 382 g/mol. The Hall–Kier alpha value is -3.40. The van der Waals surface area contributed by atoms with E-state index in [0.717, 1.165) is 22.3 Å². The highest BCUT2D eigenvalue weighted by molar-refractivity contribution is 7.99. The number of benzene rings is 2. The summed E-state index contributed by atoms with van der Waals surface area (Å²) in [6, 6.07) is 8.88. The smallest absolute Gasteiger partial charge is 0.311 e. The highest BCUT2D eigenvalue weighted by Crippen LogP contribution is 2.26. The third kappa shape index (κ3) is 4.46. The minimum atomic E-state index is -0.698. The first-order valence-electron chi connectivity index (χ1n) is 8.30. The lowest BCUT2D eigenvalue weighted by atomic mass is 10.2. The number of aromatic nitrogens is 2. The van der Waals surface area contributed by atoms with Crippen molar-refractivity contribution in [2.24, 2.45) is 5.10 Å². The normalized spacial score (nSPS) is 11.4. The summed E-state index contributed by atoms with van der Waals surface area (Å²) in [5.41, 5.74) is 4.21. The van der Waals surface area contributed by atoms with Crippen LogP contribution in [0.25, 0.3) is 11.0 Å². The molecule has 144 valence electrons. The van der Waals surface area contributed by atoms with Crippen molar-refractivity contribution >= 4 is 40.6 Å². The van der Waals surface area contributed by atoms with Crippen molar-refractivity contribution in [2.75, 3.05) is 0 Å². The first kappa shape index (κ1) is 19.4. The molecule has 28 heavy (non-hydrogen) atoms. The quantitative estimate of drug-likeness (QED) is 0.252. The van der Waals surface area contributed by atoms with E-state index in [4.69, 9.17) is 0 Å². The van der Waals surface area contributed by atoms with Crippen LogP contribution in [0.4, 0.5) is 5.69 Å². The number of hydrogen-bond donors (Lipinski definition) is 3. The fourth-order valence-electron chi connectivity index (χ4n) is 2.40. The van der Waals surface area contributed by atoms with Gasteiger partial charge in [0, 0.05) is 22.4 Å². The summed E-state index contributed by atoms with van der Waals surface area (Å²) in [6.07, 6.45) is 1.26. The van der Waals surface area contributed by atoms with Crippen LogP contribution in [-0.4, -0.2) is 37.4 Å². The fraction of sp³-hybridized carbons (Fsp3) is 0.167. The molecule has 2 aromatic carbocycles. The number of thioether (sulfide) groups is 1. The first-order chi connectivity index (χ1) is 13.3. The lowest BCUT2D eigenvalue weighted by molar-refractivity contribution is -0.385. The van der Waals surface area contributed by atoms with E-state index in [2.05, 4.69) is 34.3 Å². The SMILES string of the molecule is CC(C)Sc1nc2ccc(C(=O)N/N=C\c3ccc(O)c([N+](=O)[O-])c3)cc2[nH]1. The second-order valence-corrected chi connectivity index (χ2v) is 7.71. The number of nitro benzene ring substituents is 1. The summed E-state index contributed by atoms with van der Waals surface area (Å²) >= 11 is 1.60. The molecule has 10 heteroatoms. The highest BCUT2D eigenvalue weighted by Gasteiger charge is 2.13. The number of nitrogens with one attached hydrogen (secondary N) is 2. The number of hydrazone groups is 1. The number of phenols is 1. The molecular formula is C18H17N5O4S. The zero-order valence-corrected chi connectivity index (χ0v) is 15.9. The molecule has 0 saturated carbocycles. The molecule has 9 nitrogen and oxygen atoms in total. The molecule has 0 aliphatic carbocycles. The average molecular weight is 399 g/mol. The van der Waals surface area contributed by atoms with Gasteiger partial charge in [-0.05, 0) is 30.3 Å². The van der Waals surface area contributed by atoms with Crippen molar-refractivity contribution in [1.29, 1.82) is 0 Å². The number of H-pyrrole nitrogens is 1. The molecule has 0 unspecified atom stereocenters. The van der Waals surface area contributed by atoms with E-state index in [0.29, 0.717) is 16.4 Å². The summed E-state index contributed by atoms with van der Waals surface area (Å²) in [4.78, 5) is 30.0. The Balaban J connectivity index is 1.71. The van der Waals surface area contributed by atoms with E-state index < -0.39 is 22.3 Å². The zero-order chi connectivity index (χ0) is 20.3. The molecule has 3 aromatic rings. The lowest BCUT2D eigenvalue weighted by Gasteiger charge is -2.00. The maximum atomic E-state index is 12.3. The van der Waals surface area contributed by atoms with Gasteiger partial charge in [-0.25, -0.2) is 10.4 Å². The highest BCUT2D eigenvalue weighted by atomic mass is 32.2. The van der Waals surface area contributed by atoms with Crippen LogP contribution in [-0.2, 0) is 0 Å². The van der Waals surface area contributed by atoms with Gasteiger partial charge in [-0.1, -0.05) is 25.6 Å². The van der Waals surface area contributed by atoms with Gasteiger partial charge < -0.3 is 10.1 Å². The molecule has 0 fully saturated rings. The standard InChI is InChI=1S/C18H17N5O4S/c1-10(2)28-18-20-13-5-4-12(8-14(13)21-18)17(25)22-19-9-11-3-6-16(24)15(7-11)23(26)27/h3-10,24H,1-2H3,(H,20,21)(H,22,25)/b19-9-. The molecule has 1 aromatic heterocycles.